The normalized spacial score (nSPS) is 31.1. The Balaban J connectivity index is 1.73. The van der Waals surface area contributed by atoms with Crippen LogP contribution in [-0.4, -0.2) is 64.7 Å². The maximum atomic E-state index is 13.9. The minimum atomic E-state index is -1.03. The van der Waals surface area contributed by atoms with E-state index in [1.54, 1.807) is 4.90 Å². The number of amides is 3. The van der Waals surface area contributed by atoms with Gasteiger partial charge in [-0.1, -0.05) is 32.0 Å². The van der Waals surface area contributed by atoms with E-state index < -0.39 is 29.1 Å². The molecule has 1 spiro atoms. The summed E-state index contributed by atoms with van der Waals surface area (Å²) in [5.41, 5.74) is 0.882. The largest absolute Gasteiger partial charge is 0.396 e. The Bertz CT molecular complexity index is 977. The van der Waals surface area contributed by atoms with Crippen LogP contribution in [0, 0.1) is 25.7 Å². The maximum absolute atomic E-state index is 13.9. The summed E-state index contributed by atoms with van der Waals surface area (Å²) in [6.45, 7) is 8.78. The van der Waals surface area contributed by atoms with Crippen LogP contribution in [0.15, 0.2) is 18.2 Å². The zero-order valence-corrected chi connectivity index (χ0v) is 21.4. The molecule has 192 valence electrons. The quantitative estimate of drug-likeness (QED) is 0.442. The Morgan fingerprint density at radius 2 is 1.86 bits per heavy atom. The van der Waals surface area contributed by atoms with Gasteiger partial charge in [-0.15, -0.1) is 0 Å². The van der Waals surface area contributed by atoms with Crippen molar-refractivity contribution in [2.75, 3.05) is 25.0 Å². The van der Waals surface area contributed by atoms with E-state index in [2.05, 4.69) is 10.6 Å². The minimum Gasteiger partial charge on any atom is -0.396 e. The molecule has 0 radical (unpaired) electrons. The molecule has 3 aliphatic rings. The van der Waals surface area contributed by atoms with Crippen LogP contribution in [0.1, 0.15) is 63.5 Å². The number of aliphatic hydroxyl groups is 1. The lowest BCUT2D eigenvalue weighted by atomic mass is 9.65. The van der Waals surface area contributed by atoms with Crippen molar-refractivity contribution in [3.8, 4) is 0 Å². The maximum Gasteiger partial charge on any atom is 0.250 e. The molecule has 3 fully saturated rings. The van der Waals surface area contributed by atoms with Crippen LogP contribution in [-0.2, 0) is 19.1 Å². The van der Waals surface area contributed by atoms with E-state index in [0.717, 1.165) is 23.2 Å². The molecule has 0 saturated carbocycles. The van der Waals surface area contributed by atoms with Gasteiger partial charge in [-0.2, -0.15) is 0 Å². The van der Waals surface area contributed by atoms with Gasteiger partial charge in [0.2, 0.25) is 17.7 Å². The monoisotopic (exact) mass is 485 g/mol. The smallest absolute Gasteiger partial charge is 0.250 e. The van der Waals surface area contributed by atoms with E-state index in [-0.39, 0.29) is 24.3 Å². The lowest BCUT2D eigenvalue weighted by Gasteiger charge is -2.34. The van der Waals surface area contributed by atoms with E-state index in [1.165, 1.54) is 0 Å². The predicted molar refractivity (Wildman–Crippen MR) is 133 cm³/mol. The summed E-state index contributed by atoms with van der Waals surface area (Å²) in [6.07, 6.45) is 3.73. The number of hydrogen-bond acceptors (Lipinski definition) is 5. The summed E-state index contributed by atoms with van der Waals surface area (Å²) in [4.78, 5) is 42.9. The van der Waals surface area contributed by atoms with Gasteiger partial charge in [0.1, 0.15) is 11.6 Å². The zero-order chi connectivity index (χ0) is 25.4. The van der Waals surface area contributed by atoms with Crippen LogP contribution in [0.2, 0.25) is 0 Å². The van der Waals surface area contributed by atoms with Gasteiger partial charge in [-0.3, -0.25) is 14.4 Å². The number of benzene rings is 1. The Hall–Kier alpha value is -2.45. The van der Waals surface area contributed by atoms with Gasteiger partial charge < -0.3 is 25.4 Å². The summed E-state index contributed by atoms with van der Waals surface area (Å²) < 4.78 is 6.74. The van der Waals surface area contributed by atoms with Crippen LogP contribution in [0.4, 0.5) is 5.69 Å². The Morgan fingerprint density at radius 3 is 2.49 bits per heavy atom. The first kappa shape index (κ1) is 25.6. The number of nitrogens with zero attached hydrogens (tertiary/aromatic N) is 1. The average Bonchev–Trinajstić information content (AvgIpc) is 3.44. The van der Waals surface area contributed by atoms with Crippen molar-refractivity contribution >= 4 is 23.4 Å². The van der Waals surface area contributed by atoms with Crippen LogP contribution in [0.3, 0.4) is 0 Å². The highest BCUT2D eigenvalue weighted by molar-refractivity contribution is 6.04. The Labute approximate surface area is 207 Å². The average molecular weight is 486 g/mol. The second-order valence-corrected chi connectivity index (χ2v) is 10.3. The molecule has 5 atom stereocenters. The summed E-state index contributed by atoms with van der Waals surface area (Å²) in [6, 6.07) is 5.01. The number of fused-ring (bicyclic) bond motifs is 1. The van der Waals surface area contributed by atoms with Crippen molar-refractivity contribution in [1.29, 1.82) is 0 Å². The van der Waals surface area contributed by atoms with E-state index in [9.17, 15) is 19.5 Å². The number of nitrogens with one attached hydrogen (secondary N) is 2. The number of carbonyl (C=O) groups is 3. The highest BCUT2D eigenvalue weighted by Crippen LogP contribution is 2.64. The number of aliphatic hydroxyl groups excluding tert-OH is 1. The van der Waals surface area contributed by atoms with Gasteiger partial charge in [0.15, 0.2) is 0 Å². The second-order valence-electron chi connectivity index (χ2n) is 10.3. The van der Waals surface area contributed by atoms with Gasteiger partial charge in [-0.05, 0) is 63.5 Å². The SMILES string of the molecule is CCCNC(=O)[C@@H]1[C@H]2C(=O)N(CCCCO)C(C(=O)Nc3c(C)cccc3C)C23CC[C@@]1(CC)O3. The van der Waals surface area contributed by atoms with Crippen molar-refractivity contribution in [1.82, 2.24) is 10.2 Å². The number of carbonyl (C=O) groups excluding carboxylic acids is 3. The number of anilines is 1. The standard InChI is InChI=1S/C27H39N3O5/c1-5-14-28-23(32)19-20-25(34)30(15-7-8-16-31)22(27(20)13-12-26(19,6-2)35-27)24(33)29-21-17(3)10-9-11-18(21)4/h9-11,19-20,22,31H,5-8,12-16H2,1-4H3,(H,28,32)(H,29,33)/t19-,20-,22?,26+,27?/m0/s1. The Morgan fingerprint density at radius 1 is 1.14 bits per heavy atom. The number of para-hydroxylation sites is 1. The number of ether oxygens (including phenoxy) is 1. The van der Waals surface area contributed by atoms with Crippen molar-refractivity contribution < 1.29 is 24.2 Å². The lowest BCUT2D eigenvalue weighted by molar-refractivity contribution is -0.146. The fraction of sp³-hybridized carbons (Fsp3) is 0.667. The molecule has 1 aromatic rings. The van der Waals surface area contributed by atoms with E-state index in [0.29, 0.717) is 45.2 Å². The second kappa shape index (κ2) is 9.90. The van der Waals surface area contributed by atoms with Gasteiger partial charge in [0, 0.05) is 25.4 Å². The first-order chi connectivity index (χ1) is 16.8. The van der Waals surface area contributed by atoms with Crippen LogP contribution < -0.4 is 10.6 Å². The molecule has 2 bridgehead atoms. The molecule has 4 rings (SSSR count). The third kappa shape index (κ3) is 4.04. The molecule has 3 heterocycles. The van der Waals surface area contributed by atoms with Crippen molar-refractivity contribution in [2.45, 2.75) is 83.5 Å². The molecule has 3 amide bonds. The molecule has 1 aromatic carbocycles. The summed E-state index contributed by atoms with van der Waals surface area (Å²) in [7, 11) is 0. The number of likely N-dealkylation sites (tertiary alicyclic amines) is 1. The van der Waals surface area contributed by atoms with Crippen molar-refractivity contribution in [2.24, 2.45) is 11.8 Å². The minimum absolute atomic E-state index is 0.0212. The Kier molecular flexibility index (Phi) is 7.25. The molecule has 3 aliphatic heterocycles. The van der Waals surface area contributed by atoms with Crippen molar-refractivity contribution in [3.63, 3.8) is 0 Å². The van der Waals surface area contributed by atoms with Crippen molar-refractivity contribution in [3.05, 3.63) is 29.3 Å². The third-order valence-corrected chi connectivity index (χ3v) is 8.30. The fourth-order valence-electron chi connectivity index (χ4n) is 6.61. The van der Waals surface area contributed by atoms with Gasteiger partial charge in [-0.25, -0.2) is 0 Å². The van der Waals surface area contributed by atoms with E-state index in [4.69, 9.17) is 4.74 Å². The van der Waals surface area contributed by atoms with Crippen LogP contribution in [0.5, 0.6) is 0 Å². The topological polar surface area (TPSA) is 108 Å². The highest BCUT2D eigenvalue weighted by atomic mass is 16.5. The number of unbranched alkanes of at least 4 members (excludes halogenated alkanes) is 1. The molecular weight excluding hydrogens is 446 g/mol. The zero-order valence-electron chi connectivity index (χ0n) is 21.4. The number of aryl methyl sites for hydroxylation is 2. The highest BCUT2D eigenvalue weighted by Gasteiger charge is 2.78. The third-order valence-electron chi connectivity index (χ3n) is 8.30. The molecule has 2 unspecified atom stereocenters. The molecule has 0 aliphatic carbocycles. The molecule has 8 heteroatoms. The van der Waals surface area contributed by atoms with Gasteiger partial charge >= 0.3 is 0 Å². The van der Waals surface area contributed by atoms with E-state index in [1.807, 2.05) is 45.9 Å². The lowest BCUT2D eigenvalue weighted by Crippen LogP contribution is -2.53. The summed E-state index contributed by atoms with van der Waals surface area (Å²) >= 11 is 0. The molecule has 3 N–H and O–H groups in total. The first-order valence-corrected chi connectivity index (χ1v) is 13.0. The number of rotatable bonds is 10. The summed E-state index contributed by atoms with van der Waals surface area (Å²) in [5, 5.41) is 15.4. The molecule has 3 saturated heterocycles. The molecule has 0 aromatic heterocycles. The molecule has 8 nitrogen and oxygen atoms in total. The van der Waals surface area contributed by atoms with Gasteiger partial charge in [0.25, 0.3) is 0 Å². The van der Waals surface area contributed by atoms with Crippen LogP contribution >= 0.6 is 0 Å². The first-order valence-electron chi connectivity index (χ1n) is 13.0. The molecule has 35 heavy (non-hydrogen) atoms. The van der Waals surface area contributed by atoms with Gasteiger partial charge in [0.05, 0.1) is 17.4 Å². The van der Waals surface area contributed by atoms with Crippen LogP contribution in [0.25, 0.3) is 0 Å². The molecular formula is C27H39N3O5. The number of hydrogen-bond donors (Lipinski definition) is 3. The predicted octanol–water partition coefficient (Wildman–Crippen LogP) is 2.70. The fourth-order valence-corrected chi connectivity index (χ4v) is 6.61. The summed E-state index contributed by atoms with van der Waals surface area (Å²) in [5.74, 6) is -1.91. The van der Waals surface area contributed by atoms with E-state index >= 15 is 0 Å².